The highest BCUT2D eigenvalue weighted by Crippen LogP contribution is 2.20. The SMILES string of the molecule is CC(C)(C)[S@](=O)N[C@H](CCCO)[C@@H]1CCCO1. The smallest absolute Gasteiger partial charge is 0.0973 e. The van der Waals surface area contributed by atoms with E-state index in [4.69, 9.17) is 9.84 Å². The molecule has 1 saturated heterocycles. The first-order valence-corrected chi connectivity index (χ1v) is 7.50. The fourth-order valence-electron chi connectivity index (χ4n) is 1.87. The normalized spacial score (nSPS) is 24.8. The molecule has 0 aromatic heterocycles. The van der Waals surface area contributed by atoms with E-state index in [0.29, 0.717) is 0 Å². The highest BCUT2D eigenvalue weighted by Gasteiger charge is 2.29. The van der Waals surface area contributed by atoms with Crippen molar-refractivity contribution >= 4 is 11.0 Å². The monoisotopic (exact) mass is 263 g/mol. The third kappa shape index (κ3) is 5.04. The van der Waals surface area contributed by atoms with Gasteiger partial charge in [-0.15, -0.1) is 0 Å². The van der Waals surface area contributed by atoms with E-state index in [9.17, 15) is 4.21 Å². The van der Waals surface area contributed by atoms with E-state index in [2.05, 4.69) is 4.72 Å². The zero-order valence-corrected chi connectivity index (χ0v) is 11.9. The summed E-state index contributed by atoms with van der Waals surface area (Å²) >= 11 is 0. The van der Waals surface area contributed by atoms with E-state index >= 15 is 0 Å². The number of hydrogen-bond donors (Lipinski definition) is 2. The van der Waals surface area contributed by atoms with Crippen LogP contribution in [0.4, 0.5) is 0 Å². The standard InChI is InChI=1S/C12H25NO3S/c1-12(2,3)17(15)13-10(6-4-8-14)11-7-5-9-16-11/h10-11,13-14H,4-9H2,1-3H3/t10-,11+,17+/m1/s1. The number of rotatable bonds is 6. The van der Waals surface area contributed by atoms with Gasteiger partial charge in [0, 0.05) is 19.3 Å². The van der Waals surface area contributed by atoms with Crippen molar-refractivity contribution in [3.63, 3.8) is 0 Å². The first-order chi connectivity index (χ1) is 7.95. The van der Waals surface area contributed by atoms with Crippen LogP contribution >= 0.6 is 0 Å². The van der Waals surface area contributed by atoms with Crippen LogP contribution in [-0.4, -0.2) is 39.4 Å². The number of aliphatic hydroxyl groups is 1. The van der Waals surface area contributed by atoms with Crippen molar-refractivity contribution in [2.24, 2.45) is 0 Å². The minimum absolute atomic E-state index is 0.0877. The van der Waals surface area contributed by atoms with Crippen LogP contribution in [0.5, 0.6) is 0 Å². The Labute approximate surface area is 107 Å². The molecule has 0 unspecified atom stereocenters. The third-order valence-corrected chi connectivity index (χ3v) is 4.53. The molecule has 4 nitrogen and oxygen atoms in total. The Kier molecular flexibility index (Phi) is 6.06. The molecule has 2 N–H and O–H groups in total. The lowest BCUT2D eigenvalue weighted by atomic mass is 10.0. The second-order valence-electron chi connectivity index (χ2n) is 5.52. The van der Waals surface area contributed by atoms with Crippen molar-refractivity contribution in [3.8, 4) is 0 Å². The van der Waals surface area contributed by atoms with Crippen molar-refractivity contribution in [2.75, 3.05) is 13.2 Å². The predicted octanol–water partition coefficient (Wildman–Crippen LogP) is 1.36. The second-order valence-corrected chi connectivity index (χ2v) is 7.52. The molecular formula is C12H25NO3S. The maximum Gasteiger partial charge on any atom is 0.0973 e. The zero-order valence-electron chi connectivity index (χ0n) is 11.1. The van der Waals surface area contributed by atoms with E-state index in [1.54, 1.807) is 0 Å². The lowest BCUT2D eigenvalue weighted by Gasteiger charge is -2.27. The molecule has 1 heterocycles. The Balaban J connectivity index is 2.53. The maximum absolute atomic E-state index is 12.1. The van der Waals surface area contributed by atoms with E-state index in [0.717, 1.165) is 32.3 Å². The lowest BCUT2D eigenvalue weighted by Crippen LogP contribution is -2.45. The van der Waals surface area contributed by atoms with Crippen LogP contribution in [-0.2, 0) is 15.7 Å². The Morgan fingerprint density at radius 1 is 1.53 bits per heavy atom. The molecule has 102 valence electrons. The van der Waals surface area contributed by atoms with Gasteiger partial charge in [0.05, 0.1) is 21.8 Å². The molecule has 17 heavy (non-hydrogen) atoms. The van der Waals surface area contributed by atoms with Gasteiger partial charge in [0.2, 0.25) is 0 Å². The van der Waals surface area contributed by atoms with E-state index in [1.165, 1.54) is 0 Å². The summed E-state index contributed by atoms with van der Waals surface area (Å²) in [6, 6.07) is 0.0877. The minimum Gasteiger partial charge on any atom is -0.396 e. The predicted molar refractivity (Wildman–Crippen MR) is 70.1 cm³/mol. The fraction of sp³-hybridized carbons (Fsp3) is 1.00. The van der Waals surface area contributed by atoms with E-state index in [-0.39, 0.29) is 23.5 Å². The van der Waals surface area contributed by atoms with Gasteiger partial charge in [-0.25, -0.2) is 8.93 Å². The second kappa shape index (κ2) is 6.83. The Morgan fingerprint density at radius 2 is 2.24 bits per heavy atom. The summed E-state index contributed by atoms with van der Waals surface area (Å²) in [4.78, 5) is 0. The molecule has 0 aromatic rings. The summed E-state index contributed by atoms with van der Waals surface area (Å²) in [5, 5.41) is 8.91. The van der Waals surface area contributed by atoms with E-state index < -0.39 is 11.0 Å². The van der Waals surface area contributed by atoms with Gasteiger partial charge < -0.3 is 9.84 Å². The molecular weight excluding hydrogens is 238 g/mol. The highest BCUT2D eigenvalue weighted by molar-refractivity contribution is 7.84. The summed E-state index contributed by atoms with van der Waals surface area (Å²) in [5.41, 5.74) is 0. The number of ether oxygens (including phenoxy) is 1. The molecule has 5 heteroatoms. The molecule has 0 aromatic carbocycles. The van der Waals surface area contributed by atoms with Gasteiger partial charge in [0.1, 0.15) is 0 Å². The molecule has 1 aliphatic rings. The summed E-state index contributed by atoms with van der Waals surface area (Å²) in [5.74, 6) is 0. The number of aliphatic hydroxyl groups excluding tert-OH is 1. The van der Waals surface area contributed by atoms with Gasteiger partial charge in [-0.3, -0.25) is 0 Å². The van der Waals surface area contributed by atoms with Crippen LogP contribution in [0, 0.1) is 0 Å². The number of hydrogen-bond acceptors (Lipinski definition) is 3. The summed E-state index contributed by atoms with van der Waals surface area (Å²) in [6.07, 6.45) is 3.77. The lowest BCUT2D eigenvalue weighted by molar-refractivity contribution is 0.0805. The molecule has 1 rings (SSSR count). The minimum atomic E-state index is -1.08. The first kappa shape index (κ1) is 15.1. The molecule has 3 atom stereocenters. The van der Waals surface area contributed by atoms with Crippen LogP contribution in [0.3, 0.4) is 0 Å². The molecule has 0 amide bonds. The van der Waals surface area contributed by atoms with E-state index in [1.807, 2.05) is 20.8 Å². The topological polar surface area (TPSA) is 58.6 Å². The Bertz CT molecular complexity index is 247. The van der Waals surface area contributed by atoms with Gasteiger partial charge in [0.15, 0.2) is 0 Å². The zero-order chi connectivity index (χ0) is 12.9. The van der Waals surface area contributed by atoms with Crippen molar-refractivity contribution in [2.45, 2.75) is 63.3 Å². The number of nitrogens with one attached hydrogen (secondary N) is 1. The molecule has 0 radical (unpaired) electrons. The maximum atomic E-state index is 12.1. The van der Waals surface area contributed by atoms with Crippen LogP contribution in [0.15, 0.2) is 0 Å². The Morgan fingerprint density at radius 3 is 2.71 bits per heavy atom. The van der Waals surface area contributed by atoms with Crippen molar-refractivity contribution < 1.29 is 14.1 Å². The highest BCUT2D eigenvalue weighted by atomic mass is 32.2. The first-order valence-electron chi connectivity index (χ1n) is 6.35. The summed E-state index contributed by atoms with van der Waals surface area (Å²) in [6.45, 7) is 6.83. The Hall–Kier alpha value is 0.0300. The van der Waals surface area contributed by atoms with Crippen molar-refractivity contribution in [1.29, 1.82) is 0 Å². The molecule has 0 saturated carbocycles. The van der Waals surface area contributed by atoms with Crippen LogP contribution in [0.1, 0.15) is 46.5 Å². The van der Waals surface area contributed by atoms with Crippen molar-refractivity contribution in [1.82, 2.24) is 4.72 Å². The molecule has 1 aliphatic heterocycles. The van der Waals surface area contributed by atoms with Gasteiger partial charge in [0.25, 0.3) is 0 Å². The quantitative estimate of drug-likeness (QED) is 0.760. The molecule has 1 fully saturated rings. The summed E-state index contributed by atoms with van der Waals surface area (Å²) in [7, 11) is -1.08. The average molecular weight is 263 g/mol. The largest absolute Gasteiger partial charge is 0.396 e. The average Bonchev–Trinajstić information content (AvgIpc) is 2.75. The van der Waals surface area contributed by atoms with Crippen LogP contribution in [0.25, 0.3) is 0 Å². The van der Waals surface area contributed by atoms with Crippen LogP contribution in [0.2, 0.25) is 0 Å². The van der Waals surface area contributed by atoms with Gasteiger partial charge in [-0.05, 0) is 46.5 Å². The fourth-order valence-corrected chi connectivity index (χ4v) is 2.76. The molecule has 0 bridgehead atoms. The summed E-state index contributed by atoms with van der Waals surface area (Å²) < 4.78 is 20.6. The van der Waals surface area contributed by atoms with Gasteiger partial charge in [-0.2, -0.15) is 0 Å². The van der Waals surface area contributed by atoms with Gasteiger partial charge >= 0.3 is 0 Å². The van der Waals surface area contributed by atoms with Crippen LogP contribution < -0.4 is 4.72 Å². The molecule has 0 aliphatic carbocycles. The molecule has 0 spiro atoms. The van der Waals surface area contributed by atoms with Gasteiger partial charge in [-0.1, -0.05) is 0 Å². The van der Waals surface area contributed by atoms with Crippen molar-refractivity contribution in [3.05, 3.63) is 0 Å². The third-order valence-electron chi connectivity index (χ3n) is 2.90.